The van der Waals surface area contributed by atoms with E-state index < -0.39 is 17.7 Å². The second-order valence-corrected chi connectivity index (χ2v) is 7.57. The van der Waals surface area contributed by atoms with Gasteiger partial charge in [0.15, 0.2) is 11.6 Å². The van der Waals surface area contributed by atoms with Crippen molar-refractivity contribution in [2.24, 2.45) is 5.41 Å². The van der Waals surface area contributed by atoms with Gasteiger partial charge in [-0.05, 0) is 42.9 Å². The number of carbonyl (C=O) groups is 1. The number of anilines is 1. The Morgan fingerprint density at radius 1 is 1.32 bits per heavy atom. The van der Waals surface area contributed by atoms with E-state index in [1.54, 1.807) is 9.24 Å². The summed E-state index contributed by atoms with van der Waals surface area (Å²) in [6.07, 6.45) is 6.13. The molecule has 3 rings (SSSR count). The Kier molecular flexibility index (Phi) is 7.93. The molecule has 1 aromatic carbocycles. The first-order valence-corrected chi connectivity index (χ1v) is 9.79. The number of nitrogens with zero attached hydrogens (tertiary/aromatic N) is 1. The molecule has 1 aliphatic carbocycles. The Labute approximate surface area is 166 Å². The van der Waals surface area contributed by atoms with Crippen LogP contribution in [-0.2, 0) is 4.79 Å². The average Bonchev–Trinajstić information content (AvgIpc) is 3.29. The molecular weight excluding hydrogens is 388 g/mol. The molecule has 4 nitrogen and oxygen atoms in total. The van der Waals surface area contributed by atoms with Crippen molar-refractivity contribution < 1.29 is 22.7 Å². The predicted molar refractivity (Wildman–Crippen MR) is 108 cm³/mol. The normalized spacial score (nSPS) is 18.2. The first kappa shape index (κ1) is 22.3. The Balaban J connectivity index is 0.000000345. The van der Waals surface area contributed by atoms with Crippen LogP contribution in [-0.4, -0.2) is 25.6 Å². The van der Waals surface area contributed by atoms with Gasteiger partial charge in [0.05, 0.1) is 5.69 Å². The Bertz CT molecular complexity index is 722. The van der Waals surface area contributed by atoms with E-state index >= 15 is 0 Å². The van der Waals surface area contributed by atoms with Gasteiger partial charge in [0, 0.05) is 18.8 Å². The standard InChI is InChI=1S/C15H19F3NOP.C5H7NO/c16-10-3-4-11(13(12(10)17)20-14(18)21)19-8-7-15(9-19)5-1-2-6-15;1-3-5(2)6-4-7/h3-4,14H,1-2,5-9,21H2;3-4H,1-2H2,(H,6,7). The number of alkyl halides is 1. The van der Waals surface area contributed by atoms with E-state index in [9.17, 15) is 18.0 Å². The first-order chi connectivity index (χ1) is 13.3. The number of hydrogen-bond acceptors (Lipinski definition) is 3. The number of ether oxygens (including phenoxy) is 1. The predicted octanol–water partition coefficient (Wildman–Crippen LogP) is 4.67. The Hall–Kier alpha value is -2.01. The number of halogens is 3. The second-order valence-electron chi connectivity index (χ2n) is 7.05. The van der Waals surface area contributed by atoms with Crippen molar-refractivity contribution in [3.05, 3.63) is 48.7 Å². The van der Waals surface area contributed by atoms with Gasteiger partial charge in [-0.25, -0.2) is 4.39 Å². The summed E-state index contributed by atoms with van der Waals surface area (Å²) < 4.78 is 45.3. The molecule has 8 heteroatoms. The van der Waals surface area contributed by atoms with Crippen LogP contribution in [0.5, 0.6) is 5.75 Å². The number of amides is 1. The fraction of sp³-hybridized carbons (Fsp3) is 0.450. The molecule has 1 amide bonds. The fourth-order valence-electron chi connectivity index (χ4n) is 3.80. The first-order valence-electron chi connectivity index (χ1n) is 9.13. The van der Waals surface area contributed by atoms with Crippen LogP contribution in [0.1, 0.15) is 32.1 Å². The van der Waals surface area contributed by atoms with Crippen molar-refractivity contribution in [2.75, 3.05) is 18.0 Å². The van der Waals surface area contributed by atoms with Crippen molar-refractivity contribution in [3.63, 3.8) is 0 Å². The lowest BCUT2D eigenvalue weighted by Crippen LogP contribution is -2.25. The third-order valence-corrected chi connectivity index (χ3v) is 5.33. The summed E-state index contributed by atoms with van der Waals surface area (Å²) in [5.41, 5.74) is 1.26. The van der Waals surface area contributed by atoms with Crippen molar-refractivity contribution in [1.82, 2.24) is 5.32 Å². The quantitative estimate of drug-likeness (QED) is 0.418. The molecular formula is C20H26F3N2O2P. The minimum absolute atomic E-state index is 0.290. The van der Waals surface area contributed by atoms with Gasteiger partial charge in [-0.15, -0.1) is 0 Å². The molecule has 1 N–H and O–H groups in total. The van der Waals surface area contributed by atoms with Gasteiger partial charge in [0.2, 0.25) is 18.3 Å². The van der Waals surface area contributed by atoms with Crippen molar-refractivity contribution in [3.8, 4) is 5.75 Å². The lowest BCUT2D eigenvalue weighted by molar-refractivity contribution is -0.108. The Morgan fingerprint density at radius 2 is 2.00 bits per heavy atom. The summed E-state index contributed by atoms with van der Waals surface area (Å²) in [5.74, 6) is -2.47. The minimum Gasteiger partial charge on any atom is -0.452 e. The minimum atomic E-state index is -1.76. The van der Waals surface area contributed by atoms with E-state index in [2.05, 4.69) is 18.5 Å². The van der Waals surface area contributed by atoms with Crippen LogP contribution in [0.2, 0.25) is 0 Å². The van der Waals surface area contributed by atoms with E-state index in [0.29, 0.717) is 17.8 Å². The summed E-state index contributed by atoms with van der Waals surface area (Å²) in [6, 6.07) is 2.56. The van der Waals surface area contributed by atoms with Crippen molar-refractivity contribution in [2.45, 2.75) is 38.2 Å². The highest BCUT2D eigenvalue weighted by molar-refractivity contribution is 7.16. The van der Waals surface area contributed by atoms with Gasteiger partial charge >= 0.3 is 0 Å². The second kappa shape index (κ2) is 9.97. The number of allylic oxidation sites excluding steroid dienone is 1. The van der Waals surface area contributed by atoms with Gasteiger partial charge in [-0.3, -0.25) is 4.79 Å². The van der Waals surface area contributed by atoms with Gasteiger partial charge < -0.3 is 15.0 Å². The number of carbonyl (C=O) groups excluding carboxylic acids is 1. The average molecular weight is 414 g/mol. The molecule has 2 fully saturated rings. The summed E-state index contributed by atoms with van der Waals surface area (Å²) in [6.45, 7) is 8.34. The maximum atomic E-state index is 13.9. The lowest BCUT2D eigenvalue weighted by atomic mass is 9.86. The van der Waals surface area contributed by atoms with Crippen LogP contribution in [0, 0.1) is 17.0 Å². The molecule has 2 aliphatic rings. The number of nitrogens with one attached hydrogen (secondary N) is 1. The molecule has 1 spiro atoms. The van der Waals surface area contributed by atoms with Gasteiger partial charge in [-0.2, -0.15) is 8.78 Å². The number of hydrogen-bond donors (Lipinski definition) is 1. The van der Waals surface area contributed by atoms with E-state index in [-0.39, 0.29) is 11.2 Å². The smallest absolute Gasteiger partial charge is 0.250 e. The molecule has 0 radical (unpaired) electrons. The zero-order valence-electron chi connectivity index (χ0n) is 15.7. The number of benzene rings is 1. The monoisotopic (exact) mass is 414 g/mol. The van der Waals surface area contributed by atoms with Gasteiger partial charge in [-0.1, -0.05) is 35.2 Å². The summed E-state index contributed by atoms with van der Waals surface area (Å²) >= 11 is 0. The highest BCUT2D eigenvalue weighted by atomic mass is 31.0. The maximum Gasteiger partial charge on any atom is 0.250 e. The third kappa shape index (κ3) is 5.51. The highest BCUT2D eigenvalue weighted by Gasteiger charge is 2.41. The molecule has 154 valence electrons. The summed E-state index contributed by atoms with van der Waals surface area (Å²) in [4.78, 5) is 11.6. The van der Waals surface area contributed by atoms with Crippen LogP contribution in [0.4, 0.5) is 18.9 Å². The molecule has 2 unspecified atom stereocenters. The largest absolute Gasteiger partial charge is 0.452 e. The summed E-state index contributed by atoms with van der Waals surface area (Å²) in [7, 11) is 1.79. The lowest BCUT2D eigenvalue weighted by Gasteiger charge is -2.26. The van der Waals surface area contributed by atoms with Crippen LogP contribution >= 0.6 is 9.24 Å². The van der Waals surface area contributed by atoms with Gasteiger partial charge in [0.25, 0.3) is 0 Å². The van der Waals surface area contributed by atoms with E-state index in [4.69, 9.17) is 4.74 Å². The molecule has 1 aliphatic heterocycles. The summed E-state index contributed by atoms with van der Waals surface area (Å²) in [5, 5.41) is 2.30. The van der Waals surface area contributed by atoms with E-state index in [1.807, 2.05) is 4.90 Å². The van der Waals surface area contributed by atoms with E-state index in [0.717, 1.165) is 25.6 Å². The highest BCUT2D eigenvalue weighted by Crippen LogP contribution is 2.48. The van der Waals surface area contributed by atoms with E-state index in [1.165, 1.54) is 37.8 Å². The molecule has 1 saturated heterocycles. The fourth-order valence-corrected chi connectivity index (χ4v) is 3.94. The van der Waals surface area contributed by atoms with Gasteiger partial charge in [0.1, 0.15) is 0 Å². The van der Waals surface area contributed by atoms with Crippen LogP contribution in [0.3, 0.4) is 0 Å². The van der Waals surface area contributed by atoms with Crippen LogP contribution in [0.15, 0.2) is 37.1 Å². The molecule has 0 aromatic heterocycles. The molecule has 1 saturated carbocycles. The number of rotatable bonds is 6. The molecule has 1 aromatic rings. The molecule has 0 bridgehead atoms. The van der Waals surface area contributed by atoms with Crippen LogP contribution in [0.25, 0.3) is 0 Å². The zero-order valence-corrected chi connectivity index (χ0v) is 16.9. The molecule has 2 atom stereocenters. The zero-order chi connectivity index (χ0) is 20.7. The van der Waals surface area contributed by atoms with Crippen LogP contribution < -0.4 is 15.0 Å². The van der Waals surface area contributed by atoms with Crippen molar-refractivity contribution in [1.29, 1.82) is 0 Å². The van der Waals surface area contributed by atoms with Crippen molar-refractivity contribution >= 4 is 21.3 Å². The SMILES string of the molecule is C=CC(=C)NC=O.Fc1ccc(N2CCC3(CCCC3)C2)c(OC(F)P)c1F. The Morgan fingerprint density at radius 3 is 2.54 bits per heavy atom. The molecule has 28 heavy (non-hydrogen) atoms. The molecule has 1 heterocycles. The third-order valence-electron chi connectivity index (χ3n) is 5.19. The maximum absolute atomic E-state index is 13.9. The topological polar surface area (TPSA) is 41.6 Å².